The van der Waals surface area contributed by atoms with E-state index in [-0.39, 0.29) is 48.4 Å². The van der Waals surface area contributed by atoms with Crippen LogP contribution >= 0.6 is 21.5 Å². The zero-order valence-electron chi connectivity index (χ0n) is 57.5. The molecule has 0 N–H and O–H groups in total. The highest BCUT2D eigenvalue weighted by molar-refractivity contribution is 6.92. The van der Waals surface area contributed by atoms with Crippen molar-refractivity contribution in [1.82, 2.24) is 29.9 Å². The Kier molecular flexibility index (Phi) is 22.8. The summed E-state index contributed by atoms with van der Waals surface area (Å²) < 4.78 is 12.1. The zero-order chi connectivity index (χ0) is 69.4. The van der Waals surface area contributed by atoms with Crippen LogP contribution in [0.1, 0.15) is 42.5 Å². The number of aromatic nitrogens is 6. The summed E-state index contributed by atoms with van der Waals surface area (Å²) in [7, 11) is -0.292. The maximum Gasteiger partial charge on any atom is 0.494 e. The maximum atomic E-state index is 6.27. The van der Waals surface area contributed by atoms with Crippen molar-refractivity contribution >= 4 is 55.6 Å². The highest BCUT2D eigenvalue weighted by Gasteiger charge is 2.51. The molecule has 0 amide bonds. The van der Waals surface area contributed by atoms with Gasteiger partial charge in [0.15, 0.2) is 29.1 Å². The van der Waals surface area contributed by atoms with E-state index in [1.807, 2.05) is 91.0 Å². The van der Waals surface area contributed by atoms with Gasteiger partial charge in [0.1, 0.15) is 0 Å². The van der Waals surface area contributed by atoms with Crippen molar-refractivity contribution in [2.75, 3.05) is 0 Å². The topological polar surface area (TPSA) is 95.8 Å². The second-order valence-corrected chi connectivity index (χ2v) is 26.6. The molecule has 0 spiro atoms. The fraction of sp³-hybridized carbons (Fsp3) is 0.0851. The molecule has 2 aromatic heterocycles. The van der Waals surface area contributed by atoms with E-state index in [0.717, 1.165) is 61.1 Å². The molecule has 11 heteroatoms. The Balaban J connectivity index is 0.000000156. The van der Waals surface area contributed by atoms with E-state index < -0.39 is 0 Å². The number of benzene rings is 14. The predicted molar refractivity (Wildman–Crippen MR) is 445 cm³/mol. The SMILES string of the molecule is C.C.CC1(C)OB(c2ccc(-c3ccccc3)cc2)OC1(C)C.Clc1nc(-c2ccccc2)nc(-c2cccc(-c3ccc4cc(-c5ccccc5)ccc4c3)c2)n1.[PH2-].c1ccc(-c2ccc(-c3nc(-c4ccccc4)nc(-c4cccc(-c5ccc6cc(-c7ccccc7)ccc6c5)c4)n3)cc2)cc1. The third-order valence-electron chi connectivity index (χ3n) is 18.9. The van der Waals surface area contributed by atoms with Gasteiger partial charge in [-0.3, -0.25) is 0 Å². The van der Waals surface area contributed by atoms with Gasteiger partial charge in [0.05, 0.1) is 11.2 Å². The summed E-state index contributed by atoms with van der Waals surface area (Å²) in [5.74, 6) is 3.06. The number of halogens is 1. The van der Waals surface area contributed by atoms with Crippen LogP contribution in [0.3, 0.4) is 0 Å². The lowest BCUT2D eigenvalue weighted by Crippen LogP contribution is -2.41. The average Bonchev–Trinajstić information content (AvgIpc) is 1.60. The fourth-order valence-electron chi connectivity index (χ4n) is 12.6. The van der Waals surface area contributed by atoms with Gasteiger partial charge in [-0.15, -0.1) is 0 Å². The Morgan fingerprint density at radius 2 is 0.438 bits per heavy atom. The molecule has 0 aliphatic carbocycles. The van der Waals surface area contributed by atoms with Gasteiger partial charge in [-0.1, -0.05) is 330 Å². The first kappa shape index (κ1) is 73.1. The third kappa shape index (κ3) is 16.9. The summed E-state index contributed by atoms with van der Waals surface area (Å²) in [6, 6.07) is 122. The van der Waals surface area contributed by atoms with Crippen LogP contribution in [0.5, 0.6) is 0 Å². The van der Waals surface area contributed by atoms with E-state index in [1.165, 1.54) is 60.5 Å². The lowest BCUT2D eigenvalue weighted by atomic mass is 9.78. The fourth-order valence-corrected chi connectivity index (χ4v) is 12.7. The van der Waals surface area contributed by atoms with Crippen molar-refractivity contribution in [3.63, 3.8) is 0 Å². The van der Waals surface area contributed by atoms with Gasteiger partial charge in [0.25, 0.3) is 0 Å². The Morgan fingerprint density at radius 1 is 0.229 bits per heavy atom. The lowest BCUT2D eigenvalue weighted by Gasteiger charge is -2.32. The van der Waals surface area contributed by atoms with Gasteiger partial charge in [0, 0.05) is 27.8 Å². The molecule has 14 aromatic carbocycles. The molecule has 514 valence electrons. The second kappa shape index (κ2) is 32.8. The van der Waals surface area contributed by atoms with E-state index in [1.54, 1.807) is 0 Å². The molecule has 1 saturated heterocycles. The molecule has 0 bridgehead atoms. The minimum Gasteiger partial charge on any atom is -0.577 e. The average molecular weight is 1400 g/mol. The Hall–Kier alpha value is -11.7. The smallest absolute Gasteiger partial charge is 0.494 e. The minimum absolute atomic E-state index is 0. The molecule has 8 nitrogen and oxygen atoms in total. The maximum absolute atomic E-state index is 6.27. The van der Waals surface area contributed by atoms with Crippen molar-refractivity contribution in [1.29, 1.82) is 0 Å². The lowest BCUT2D eigenvalue weighted by molar-refractivity contribution is 0.00578. The van der Waals surface area contributed by atoms with Gasteiger partial charge in [-0.05, 0) is 169 Å². The molecule has 17 rings (SSSR count). The molecule has 0 radical (unpaired) electrons. The molecule has 16 aromatic rings. The number of nitrogens with zero attached hydrogens (tertiary/aromatic N) is 6. The number of rotatable bonds is 12. The van der Waals surface area contributed by atoms with Crippen molar-refractivity contribution in [3.05, 3.63) is 357 Å². The van der Waals surface area contributed by atoms with Crippen LogP contribution in [0, 0.1) is 0 Å². The zero-order valence-corrected chi connectivity index (χ0v) is 59.4. The summed E-state index contributed by atoms with van der Waals surface area (Å²) in [5, 5.41) is 5.01. The van der Waals surface area contributed by atoms with Crippen LogP contribution < -0.4 is 5.46 Å². The Bertz CT molecular complexity index is 5570. The molecule has 0 unspecified atom stereocenters. The van der Waals surface area contributed by atoms with Crippen LogP contribution in [0.4, 0.5) is 0 Å². The number of hydrogen-bond donors (Lipinski definition) is 0. The number of hydrogen-bond acceptors (Lipinski definition) is 8. The van der Waals surface area contributed by atoms with Crippen LogP contribution in [-0.2, 0) is 9.31 Å². The molecule has 3 heterocycles. The van der Waals surface area contributed by atoms with E-state index in [4.69, 9.17) is 40.8 Å². The molecule has 1 aliphatic heterocycles. The predicted octanol–water partition coefficient (Wildman–Crippen LogP) is 24.6. The summed E-state index contributed by atoms with van der Waals surface area (Å²) >= 11 is 6.27. The normalized spacial score (nSPS) is 12.4. The van der Waals surface area contributed by atoms with Gasteiger partial charge >= 0.3 is 7.12 Å². The Labute approximate surface area is 625 Å². The molecule has 0 saturated carbocycles. The van der Waals surface area contributed by atoms with Crippen LogP contribution in [0.2, 0.25) is 5.28 Å². The van der Waals surface area contributed by atoms with Crippen molar-refractivity contribution < 1.29 is 9.31 Å². The van der Waals surface area contributed by atoms with Gasteiger partial charge < -0.3 is 19.2 Å². The van der Waals surface area contributed by atoms with E-state index in [0.29, 0.717) is 29.1 Å². The van der Waals surface area contributed by atoms with Crippen molar-refractivity contribution in [2.45, 2.75) is 53.8 Å². The third-order valence-corrected chi connectivity index (χ3v) is 19.1. The highest BCUT2D eigenvalue weighted by atomic mass is 35.5. The summed E-state index contributed by atoms with van der Waals surface area (Å²) in [6.45, 7) is 8.30. The van der Waals surface area contributed by atoms with Crippen LogP contribution in [0.15, 0.2) is 352 Å². The van der Waals surface area contributed by atoms with Crippen molar-refractivity contribution in [3.8, 4) is 124 Å². The molecule has 0 atom stereocenters. The summed E-state index contributed by atoms with van der Waals surface area (Å²) in [6.07, 6.45) is 0. The quantitative estimate of drug-likeness (QED) is 0.0882. The summed E-state index contributed by atoms with van der Waals surface area (Å²) in [5.41, 5.74) is 19.2. The van der Waals surface area contributed by atoms with Gasteiger partial charge in [0.2, 0.25) is 5.28 Å². The van der Waals surface area contributed by atoms with Gasteiger partial charge in [-0.2, -0.15) is 9.97 Å². The van der Waals surface area contributed by atoms with E-state index >= 15 is 0 Å². The van der Waals surface area contributed by atoms with Crippen LogP contribution in [-0.4, -0.2) is 48.2 Å². The largest absolute Gasteiger partial charge is 0.577 e. The standard InChI is InChI=1S/C43H29N3.C31H20ClN3.C18H21BO2.2CH4.H2P/c1-4-11-30(12-5-1)32-19-21-34(22-20-32)42-44-41(33-15-8-3-9-16-33)45-43(46-42)40-18-10-17-35(29-40)37-25-26-38-27-36(23-24-39(38)28-37)31-13-6-2-7-14-31;32-31-34-29(22-10-5-2-6-11-22)33-30(35-31)28-13-7-12-23(20-28)25-16-17-26-18-24(14-15-27(26)19-25)21-8-3-1-4-9-21;1-17(2)18(3,4)21-19(20-17)16-12-10-15(11-13-16)14-8-6-5-7-9-14;;;/h1-29H;1-20H;5-13H,1-4H3;2*1H4;1H2/q;;;;;-1. The van der Waals surface area contributed by atoms with Gasteiger partial charge in [-0.25, -0.2) is 19.9 Å². The first-order chi connectivity index (χ1) is 49.9. The van der Waals surface area contributed by atoms with E-state index in [9.17, 15) is 0 Å². The minimum atomic E-state index is -0.296. The van der Waals surface area contributed by atoms with E-state index in [2.05, 4.69) is 299 Å². The number of fused-ring (bicyclic) bond motifs is 2. The molecule has 1 aliphatic rings. The monoisotopic (exact) mass is 1400 g/mol. The summed E-state index contributed by atoms with van der Waals surface area (Å²) in [4.78, 5) is 28.3. The van der Waals surface area contributed by atoms with Crippen molar-refractivity contribution in [2.24, 2.45) is 0 Å². The molecular weight excluding hydrogens is 1320 g/mol. The molecule has 1 fully saturated rings. The first-order valence-electron chi connectivity index (χ1n) is 34.2. The molecular formula is C94H80BClN6O2P-. The van der Waals surface area contributed by atoms with Crippen LogP contribution in [0.25, 0.3) is 145 Å². The molecule has 105 heavy (non-hydrogen) atoms. The second-order valence-electron chi connectivity index (χ2n) is 26.3. The first-order valence-corrected chi connectivity index (χ1v) is 34.6. The highest BCUT2D eigenvalue weighted by Crippen LogP contribution is 2.38. The Morgan fingerprint density at radius 3 is 0.781 bits per heavy atom.